The van der Waals surface area contributed by atoms with Crippen molar-refractivity contribution in [1.29, 1.82) is 0 Å². The van der Waals surface area contributed by atoms with Crippen LogP contribution < -0.4 is 0 Å². The van der Waals surface area contributed by atoms with E-state index < -0.39 is 0 Å². The lowest BCUT2D eigenvalue weighted by Crippen LogP contribution is -2.32. The number of rotatable bonds is 0. The minimum Gasteiger partial charge on any atom is -0.304 e. The third-order valence-corrected chi connectivity index (χ3v) is 2.23. The van der Waals surface area contributed by atoms with Crippen LogP contribution >= 0.6 is 0 Å². The van der Waals surface area contributed by atoms with E-state index in [1.807, 2.05) is 13.8 Å². The van der Waals surface area contributed by atoms with E-state index in [-0.39, 0.29) is 0 Å². The lowest BCUT2D eigenvalue weighted by atomic mass is 10.3. The molecule has 0 aromatic carbocycles. The van der Waals surface area contributed by atoms with Gasteiger partial charge in [-0.25, -0.2) is 0 Å². The van der Waals surface area contributed by atoms with Crippen LogP contribution in [0.5, 0.6) is 0 Å². The molecule has 0 radical (unpaired) electrons. The first kappa shape index (κ1) is 13.5. The fourth-order valence-electron chi connectivity index (χ4n) is 1.24. The van der Waals surface area contributed by atoms with Gasteiger partial charge in [0.2, 0.25) is 0 Å². The minimum atomic E-state index is 1.03. The normalized spacial score (nSPS) is 20.0. The molecule has 0 atom stereocenters. The van der Waals surface area contributed by atoms with Crippen LogP contribution in [0.2, 0.25) is 0 Å². The molecule has 0 bridgehead atoms. The van der Waals surface area contributed by atoms with Crippen LogP contribution in [0, 0.1) is 11.8 Å². The highest BCUT2D eigenvalue weighted by Crippen LogP contribution is 1.93. The van der Waals surface area contributed by atoms with E-state index in [9.17, 15) is 0 Å². The van der Waals surface area contributed by atoms with Gasteiger partial charge in [-0.3, -0.25) is 0 Å². The Balaban J connectivity index is 0.000000791. The third-order valence-electron chi connectivity index (χ3n) is 2.23. The van der Waals surface area contributed by atoms with Gasteiger partial charge in [0.15, 0.2) is 0 Å². The maximum Gasteiger partial charge on any atom is 0.0216 e. The first-order valence-electron chi connectivity index (χ1n) is 5.62. The second-order valence-corrected chi connectivity index (χ2v) is 3.46. The molecule has 0 aromatic heterocycles. The molecule has 1 heterocycles. The van der Waals surface area contributed by atoms with E-state index >= 15 is 0 Å². The monoisotopic (exact) mass is 196 g/mol. The SMILES string of the molecule is CC.CN1CCC#CCCN(C)CC1. The summed E-state index contributed by atoms with van der Waals surface area (Å²) in [6.45, 7) is 8.55. The largest absolute Gasteiger partial charge is 0.304 e. The van der Waals surface area contributed by atoms with Crippen molar-refractivity contribution >= 4 is 0 Å². The van der Waals surface area contributed by atoms with Gasteiger partial charge in [-0.2, -0.15) is 0 Å². The van der Waals surface area contributed by atoms with Crippen LogP contribution in [0.4, 0.5) is 0 Å². The highest BCUT2D eigenvalue weighted by atomic mass is 15.2. The molecule has 1 rings (SSSR count). The number of likely N-dealkylation sites (N-methyl/N-ethyl adjacent to an activating group) is 2. The molecule has 2 heteroatoms. The molecule has 0 N–H and O–H groups in total. The van der Waals surface area contributed by atoms with Crippen molar-refractivity contribution in [1.82, 2.24) is 9.80 Å². The summed E-state index contributed by atoms with van der Waals surface area (Å²) in [6, 6.07) is 0. The molecular formula is C12H24N2. The maximum absolute atomic E-state index is 3.19. The predicted molar refractivity (Wildman–Crippen MR) is 63.4 cm³/mol. The predicted octanol–water partition coefficient (Wildman–Crippen LogP) is 1.67. The second kappa shape index (κ2) is 9.05. The zero-order valence-corrected chi connectivity index (χ0v) is 10.1. The van der Waals surface area contributed by atoms with E-state index in [4.69, 9.17) is 0 Å². The summed E-state index contributed by atoms with van der Waals surface area (Å²) in [5.74, 6) is 6.38. The highest BCUT2D eigenvalue weighted by molar-refractivity contribution is 4.99. The van der Waals surface area contributed by atoms with E-state index in [1.165, 1.54) is 0 Å². The topological polar surface area (TPSA) is 6.48 Å². The molecule has 0 aliphatic carbocycles. The van der Waals surface area contributed by atoms with Crippen LogP contribution in [-0.4, -0.2) is 50.1 Å². The van der Waals surface area contributed by atoms with Gasteiger partial charge < -0.3 is 9.80 Å². The maximum atomic E-state index is 3.19. The van der Waals surface area contributed by atoms with Crippen molar-refractivity contribution in [3.05, 3.63) is 0 Å². The standard InChI is InChI=1S/C10H18N2.C2H6/c1-11-7-5-3-4-6-8-12(2)10-9-11;1-2/h5-10H2,1-2H3;1-2H3. The lowest BCUT2D eigenvalue weighted by molar-refractivity contribution is 0.261. The summed E-state index contributed by atoms with van der Waals surface area (Å²) in [7, 11) is 4.33. The Morgan fingerprint density at radius 2 is 1.07 bits per heavy atom. The molecule has 0 amide bonds. The van der Waals surface area contributed by atoms with Gasteiger partial charge in [0.25, 0.3) is 0 Å². The zero-order valence-electron chi connectivity index (χ0n) is 10.1. The molecule has 82 valence electrons. The van der Waals surface area contributed by atoms with Crippen molar-refractivity contribution < 1.29 is 0 Å². The first-order chi connectivity index (χ1) is 6.79. The number of nitrogens with zero attached hydrogens (tertiary/aromatic N) is 2. The molecule has 0 fully saturated rings. The zero-order chi connectivity index (χ0) is 10.8. The van der Waals surface area contributed by atoms with E-state index in [0.29, 0.717) is 0 Å². The number of hydrogen-bond donors (Lipinski definition) is 0. The Morgan fingerprint density at radius 3 is 1.43 bits per heavy atom. The Bertz CT molecular complexity index is 160. The Kier molecular flexibility index (Phi) is 8.72. The average molecular weight is 196 g/mol. The summed E-state index contributed by atoms with van der Waals surface area (Å²) in [4.78, 5) is 4.69. The molecule has 0 saturated carbocycles. The van der Waals surface area contributed by atoms with Crippen molar-refractivity contribution in [2.45, 2.75) is 26.7 Å². The van der Waals surface area contributed by atoms with Gasteiger partial charge in [-0.15, -0.1) is 11.8 Å². The van der Waals surface area contributed by atoms with Crippen molar-refractivity contribution in [3.63, 3.8) is 0 Å². The fourth-order valence-corrected chi connectivity index (χ4v) is 1.24. The molecule has 0 saturated heterocycles. The second-order valence-electron chi connectivity index (χ2n) is 3.46. The van der Waals surface area contributed by atoms with Crippen molar-refractivity contribution in [3.8, 4) is 11.8 Å². The van der Waals surface area contributed by atoms with Crippen LogP contribution in [-0.2, 0) is 0 Å². The van der Waals surface area contributed by atoms with Gasteiger partial charge >= 0.3 is 0 Å². The number of hydrogen-bond acceptors (Lipinski definition) is 2. The van der Waals surface area contributed by atoms with E-state index in [0.717, 1.165) is 39.0 Å². The minimum absolute atomic E-state index is 1.03. The quantitative estimate of drug-likeness (QED) is 0.544. The van der Waals surface area contributed by atoms with Crippen molar-refractivity contribution in [2.24, 2.45) is 0 Å². The Labute approximate surface area is 89.3 Å². The van der Waals surface area contributed by atoms with Crippen LogP contribution in [0.1, 0.15) is 26.7 Å². The van der Waals surface area contributed by atoms with Crippen molar-refractivity contribution in [2.75, 3.05) is 40.3 Å². The summed E-state index contributed by atoms with van der Waals surface area (Å²) < 4.78 is 0. The smallest absolute Gasteiger partial charge is 0.0216 e. The van der Waals surface area contributed by atoms with Gasteiger partial charge in [-0.1, -0.05) is 13.8 Å². The molecule has 14 heavy (non-hydrogen) atoms. The Hall–Kier alpha value is -0.520. The van der Waals surface area contributed by atoms with Crippen LogP contribution in [0.25, 0.3) is 0 Å². The molecule has 1 aliphatic rings. The molecule has 1 aliphatic heterocycles. The Morgan fingerprint density at radius 1 is 0.714 bits per heavy atom. The third kappa shape index (κ3) is 6.94. The van der Waals surface area contributed by atoms with Crippen LogP contribution in [0.3, 0.4) is 0 Å². The summed E-state index contributed by atoms with van der Waals surface area (Å²) in [6.07, 6.45) is 2.06. The molecule has 0 spiro atoms. The highest BCUT2D eigenvalue weighted by Gasteiger charge is 2.01. The molecule has 0 aromatic rings. The summed E-state index contributed by atoms with van der Waals surface area (Å²) >= 11 is 0. The van der Waals surface area contributed by atoms with Gasteiger partial charge in [0.05, 0.1) is 0 Å². The molecule has 0 unspecified atom stereocenters. The van der Waals surface area contributed by atoms with Crippen LogP contribution in [0.15, 0.2) is 0 Å². The molecule has 2 nitrogen and oxygen atoms in total. The summed E-state index contributed by atoms with van der Waals surface area (Å²) in [5.41, 5.74) is 0. The van der Waals surface area contributed by atoms with Gasteiger partial charge in [0, 0.05) is 39.0 Å². The van der Waals surface area contributed by atoms with Gasteiger partial charge in [-0.05, 0) is 14.1 Å². The molecular weight excluding hydrogens is 172 g/mol. The summed E-state index contributed by atoms with van der Waals surface area (Å²) in [5, 5.41) is 0. The fraction of sp³-hybridized carbons (Fsp3) is 0.833. The van der Waals surface area contributed by atoms with Gasteiger partial charge in [0.1, 0.15) is 0 Å². The lowest BCUT2D eigenvalue weighted by Gasteiger charge is -2.21. The first-order valence-corrected chi connectivity index (χ1v) is 5.62. The van der Waals surface area contributed by atoms with E-state index in [2.05, 4.69) is 35.7 Å². The van der Waals surface area contributed by atoms with E-state index in [1.54, 1.807) is 0 Å². The average Bonchev–Trinajstić information content (AvgIpc) is 2.23.